The second-order valence-electron chi connectivity index (χ2n) is 8.37. The van der Waals surface area contributed by atoms with E-state index in [1.54, 1.807) is 0 Å². The summed E-state index contributed by atoms with van der Waals surface area (Å²) in [6.45, 7) is 6.14. The molecular weight excluding hydrogens is 378 g/mol. The lowest BCUT2D eigenvalue weighted by Crippen LogP contribution is -2.56. The molecule has 1 amide bonds. The zero-order chi connectivity index (χ0) is 21.1. The van der Waals surface area contributed by atoms with Gasteiger partial charge in [0.05, 0.1) is 5.41 Å². The SMILES string of the molecule is Cc1nc(N(C)C)cc(N2CCN(C(=O)C3(c4ccccc4)CCOCC3)CC2)n1. The number of aromatic nitrogens is 2. The van der Waals surface area contributed by atoms with Crippen LogP contribution in [0.1, 0.15) is 24.2 Å². The van der Waals surface area contributed by atoms with E-state index in [0.717, 1.165) is 49.0 Å². The molecule has 2 aliphatic rings. The maximum absolute atomic E-state index is 13.7. The number of hydrogen-bond acceptors (Lipinski definition) is 6. The number of aryl methyl sites for hydroxylation is 1. The van der Waals surface area contributed by atoms with Gasteiger partial charge < -0.3 is 19.4 Å². The molecule has 0 radical (unpaired) electrons. The summed E-state index contributed by atoms with van der Waals surface area (Å²) >= 11 is 0. The fraction of sp³-hybridized carbons (Fsp3) is 0.522. The Morgan fingerprint density at radius 1 is 1.03 bits per heavy atom. The van der Waals surface area contributed by atoms with E-state index in [1.807, 2.05) is 55.1 Å². The second-order valence-corrected chi connectivity index (χ2v) is 8.37. The molecule has 160 valence electrons. The molecule has 0 aliphatic carbocycles. The molecule has 0 saturated carbocycles. The van der Waals surface area contributed by atoms with Gasteiger partial charge in [-0.3, -0.25) is 4.79 Å². The molecule has 2 aromatic rings. The number of carbonyl (C=O) groups excluding carboxylic acids is 1. The van der Waals surface area contributed by atoms with Crippen molar-refractivity contribution in [1.29, 1.82) is 0 Å². The van der Waals surface area contributed by atoms with Crippen molar-refractivity contribution in [3.05, 3.63) is 47.8 Å². The van der Waals surface area contributed by atoms with Gasteiger partial charge in [0.2, 0.25) is 5.91 Å². The lowest BCUT2D eigenvalue weighted by molar-refractivity contribution is -0.141. The Labute approximate surface area is 178 Å². The maximum atomic E-state index is 13.7. The first-order valence-corrected chi connectivity index (χ1v) is 10.7. The summed E-state index contributed by atoms with van der Waals surface area (Å²) in [7, 11) is 3.97. The van der Waals surface area contributed by atoms with Gasteiger partial charge in [0.25, 0.3) is 0 Å². The summed E-state index contributed by atoms with van der Waals surface area (Å²) in [6.07, 6.45) is 1.49. The van der Waals surface area contributed by atoms with E-state index in [-0.39, 0.29) is 5.91 Å². The molecule has 0 atom stereocenters. The van der Waals surface area contributed by atoms with Crippen LogP contribution in [0.15, 0.2) is 36.4 Å². The number of benzene rings is 1. The van der Waals surface area contributed by atoms with Gasteiger partial charge in [0, 0.05) is 59.6 Å². The highest BCUT2D eigenvalue weighted by Crippen LogP contribution is 2.37. The maximum Gasteiger partial charge on any atom is 0.233 e. The van der Waals surface area contributed by atoms with Gasteiger partial charge in [-0.15, -0.1) is 0 Å². The van der Waals surface area contributed by atoms with Crippen LogP contribution in [0.2, 0.25) is 0 Å². The fourth-order valence-corrected chi connectivity index (χ4v) is 4.47. The lowest BCUT2D eigenvalue weighted by Gasteiger charge is -2.43. The summed E-state index contributed by atoms with van der Waals surface area (Å²) in [5.74, 6) is 2.84. The summed E-state index contributed by atoms with van der Waals surface area (Å²) in [5, 5.41) is 0. The first kappa shape index (κ1) is 20.6. The number of ether oxygens (including phenoxy) is 1. The van der Waals surface area contributed by atoms with Crippen LogP contribution in [0.3, 0.4) is 0 Å². The standard InChI is InChI=1S/C23H31N5O2/c1-18-24-20(26(2)3)17-21(25-18)27-11-13-28(14-12-27)22(29)23(9-15-30-16-10-23)19-7-5-4-6-8-19/h4-8,17H,9-16H2,1-3H3. The van der Waals surface area contributed by atoms with Gasteiger partial charge in [0.15, 0.2) is 0 Å². The number of carbonyl (C=O) groups is 1. The molecule has 0 unspecified atom stereocenters. The highest BCUT2D eigenvalue weighted by Gasteiger charge is 2.44. The molecule has 2 fully saturated rings. The summed E-state index contributed by atoms with van der Waals surface area (Å²) in [4.78, 5) is 29.1. The molecule has 0 spiro atoms. The Hall–Kier alpha value is -2.67. The molecule has 0 bridgehead atoms. The molecule has 0 N–H and O–H groups in total. The third-order valence-corrected chi connectivity index (χ3v) is 6.24. The number of amides is 1. The van der Waals surface area contributed by atoms with Crippen molar-refractivity contribution in [2.75, 3.05) is 63.3 Å². The molecule has 2 saturated heterocycles. The van der Waals surface area contributed by atoms with Crippen molar-refractivity contribution in [2.24, 2.45) is 0 Å². The van der Waals surface area contributed by atoms with E-state index in [9.17, 15) is 4.79 Å². The zero-order valence-corrected chi connectivity index (χ0v) is 18.2. The van der Waals surface area contributed by atoms with Crippen molar-refractivity contribution < 1.29 is 9.53 Å². The molecule has 7 nitrogen and oxygen atoms in total. The van der Waals surface area contributed by atoms with Crippen LogP contribution in [0.4, 0.5) is 11.6 Å². The second kappa shape index (κ2) is 8.60. The number of nitrogens with zero attached hydrogens (tertiary/aromatic N) is 5. The van der Waals surface area contributed by atoms with Crippen molar-refractivity contribution in [1.82, 2.24) is 14.9 Å². The van der Waals surface area contributed by atoms with Crippen LogP contribution in [-0.2, 0) is 14.9 Å². The van der Waals surface area contributed by atoms with E-state index in [4.69, 9.17) is 4.74 Å². The number of rotatable bonds is 4. The molecule has 30 heavy (non-hydrogen) atoms. The van der Waals surface area contributed by atoms with Crippen molar-refractivity contribution in [3.8, 4) is 0 Å². The lowest BCUT2D eigenvalue weighted by atomic mass is 9.73. The molecule has 1 aromatic heterocycles. The van der Waals surface area contributed by atoms with E-state index in [0.29, 0.717) is 26.3 Å². The average molecular weight is 410 g/mol. The van der Waals surface area contributed by atoms with Crippen LogP contribution < -0.4 is 9.80 Å². The van der Waals surface area contributed by atoms with Crippen LogP contribution >= 0.6 is 0 Å². The topological polar surface area (TPSA) is 61.8 Å². The van der Waals surface area contributed by atoms with Crippen molar-refractivity contribution >= 4 is 17.5 Å². The smallest absolute Gasteiger partial charge is 0.233 e. The van der Waals surface area contributed by atoms with Gasteiger partial charge in [-0.2, -0.15) is 0 Å². The normalized spacial score (nSPS) is 18.9. The van der Waals surface area contributed by atoms with Crippen molar-refractivity contribution in [3.63, 3.8) is 0 Å². The van der Waals surface area contributed by atoms with Gasteiger partial charge in [-0.25, -0.2) is 9.97 Å². The molecule has 3 heterocycles. The molecular formula is C23H31N5O2. The third kappa shape index (κ3) is 3.99. The highest BCUT2D eigenvalue weighted by atomic mass is 16.5. The summed E-state index contributed by atoms with van der Waals surface area (Å²) in [6, 6.07) is 12.3. The summed E-state index contributed by atoms with van der Waals surface area (Å²) in [5.41, 5.74) is 0.647. The average Bonchev–Trinajstić information content (AvgIpc) is 2.79. The monoisotopic (exact) mass is 409 g/mol. The number of anilines is 2. The largest absolute Gasteiger partial charge is 0.381 e. The van der Waals surface area contributed by atoms with Crippen molar-refractivity contribution in [2.45, 2.75) is 25.2 Å². The van der Waals surface area contributed by atoms with E-state index in [1.165, 1.54) is 0 Å². The first-order chi connectivity index (χ1) is 14.5. The minimum Gasteiger partial charge on any atom is -0.381 e. The van der Waals surface area contributed by atoms with Gasteiger partial charge >= 0.3 is 0 Å². The minimum atomic E-state index is -0.467. The summed E-state index contributed by atoms with van der Waals surface area (Å²) < 4.78 is 5.60. The van der Waals surface area contributed by atoms with Crippen LogP contribution in [-0.4, -0.2) is 74.3 Å². The van der Waals surface area contributed by atoms with Crippen LogP contribution in [0.25, 0.3) is 0 Å². The van der Waals surface area contributed by atoms with E-state index >= 15 is 0 Å². The highest BCUT2D eigenvalue weighted by molar-refractivity contribution is 5.88. The quantitative estimate of drug-likeness (QED) is 0.772. The van der Waals surface area contributed by atoms with Gasteiger partial charge in [-0.05, 0) is 25.3 Å². The molecule has 1 aromatic carbocycles. The Balaban J connectivity index is 1.50. The van der Waals surface area contributed by atoms with Gasteiger partial charge in [0.1, 0.15) is 17.5 Å². The predicted octanol–water partition coefficient (Wildman–Crippen LogP) is 2.25. The Morgan fingerprint density at radius 3 is 2.33 bits per heavy atom. The Kier molecular flexibility index (Phi) is 5.90. The fourth-order valence-electron chi connectivity index (χ4n) is 4.47. The number of piperazine rings is 1. The van der Waals surface area contributed by atoms with E-state index < -0.39 is 5.41 Å². The predicted molar refractivity (Wildman–Crippen MR) is 118 cm³/mol. The number of hydrogen-bond donors (Lipinski definition) is 0. The molecule has 4 rings (SSSR count). The molecule has 2 aliphatic heterocycles. The zero-order valence-electron chi connectivity index (χ0n) is 18.2. The minimum absolute atomic E-state index is 0.240. The Morgan fingerprint density at radius 2 is 1.70 bits per heavy atom. The van der Waals surface area contributed by atoms with Crippen LogP contribution in [0, 0.1) is 6.92 Å². The first-order valence-electron chi connectivity index (χ1n) is 10.7. The van der Waals surface area contributed by atoms with Crippen LogP contribution in [0.5, 0.6) is 0 Å². The van der Waals surface area contributed by atoms with Gasteiger partial charge in [-0.1, -0.05) is 30.3 Å². The Bertz CT molecular complexity index is 872. The third-order valence-electron chi connectivity index (χ3n) is 6.24. The molecule has 7 heteroatoms. The van der Waals surface area contributed by atoms with E-state index in [2.05, 4.69) is 27.0 Å².